The smallest absolute Gasteiger partial charge is 0.224 e. The third-order valence-electron chi connectivity index (χ3n) is 4.73. The third kappa shape index (κ3) is 2.84. The molecule has 5 heteroatoms. The van der Waals surface area contributed by atoms with E-state index in [1.807, 2.05) is 49.5 Å². The molecular formula is C22H17N4Y-. The van der Waals surface area contributed by atoms with Crippen LogP contribution in [0.2, 0.25) is 0 Å². The molecular weight excluding hydrogens is 409 g/mol. The van der Waals surface area contributed by atoms with Crippen molar-refractivity contribution in [3.63, 3.8) is 0 Å². The summed E-state index contributed by atoms with van der Waals surface area (Å²) in [5, 5.41) is 0. The Kier molecular flexibility index (Phi) is 4.71. The number of hydrogen-bond donors (Lipinski definition) is 0. The average molecular weight is 426 g/mol. The maximum absolute atomic E-state index is 4.87. The predicted molar refractivity (Wildman–Crippen MR) is 101 cm³/mol. The van der Waals surface area contributed by atoms with Gasteiger partial charge in [-0.25, -0.2) is 5.56 Å². The second-order valence-corrected chi connectivity index (χ2v) is 6.43. The molecule has 27 heavy (non-hydrogen) atoms. The average Bonchev–Trinajstić information content (AvgIpc) is 3.17. The maximum atomic E-state index is 4.87. The molecule has 0 aliphatic heterocycles. The molecule has 0 aliphatic rings. The van der Waals surface area contributed by atoms with E-state index in [0.717, 1.165) is 39.2 Å². The first-order valence-electron chi connectivity index (χ1n) is 8.57. The zero-order valence-electron chi connectivity index (χ0n) is 15.2. The zero-order valence-corrected chi connectivity index (χ0v) is 18.1. The first-order chi connectivity index (χ1) is 12.7. The van der Waals surface area contributed by atoms with E-state index in [0.29, 0.717) is 0 Å². The van der Waals surface area contributed by atoms with Crippen molar-refractivity contribution in [2.75, 3.05) is 0 Å². The number of nitrogens with zero attached hydrogens (tertiary/aromatic N) is 4. The van der Waals surface area contributed by atoms with Gasteiger partial charge in [-0.3, -0.25) is 0 Å². The summed E-state index contributed by atoms with van der Waals surface area (Å²) in [4.78, 5) is 4.87. The molecule has 0 spiro atoms. The van der Waals surface area contributed by atoms with Gasteiger partial charge in [0.25, 0.3) is 6.33 Å². The molecule has 0 amide bonds. The number of rotatable bonds is 2. The van der Waals surface area contributed by atoms with Crippen molar-refractivity contribution < 1.29 is 37.4 Å². The summed E-state index contributed by atoms with van der Waals surface area (Å²) in [6.07, 6.45) is 2.07. The summed E-state index contributed by atoms with van der Waals surface area (Å²) in [5.41, 5.74) is 6.37. The number of imidazole rings is 1. The summed E-state index contributed by atoms with van der Waals surface area (Å²) in [6, 6.07) is 27.0. The molecule has 4 nitrogen and oxygen atoms in total. The maximum Gasteiger partial charge on any atom is 0.334 e. The van der Waals surface area contributed by atoms with Crippen LogP contribution in [0.15, 0.2) is 67.0 Å². The molecule has 129 valence electrons. The third-order valence-corrected chi connectivity index (χ3v) is 4.73. The molecule has 0 saturated heterocycles. The Morgan fingerprint density at radius 3 is 2.59 bits per heavy atom. The zero-order chi connectivity index (χ0) is 17.7. The fourth-order valence-corrected chi connectivity index (χ4v) is 3.53. The summed E-state index contributed by atoms with van der Waals surface area (Å²) in [5.74, 6) is 0.883. The minimum Gasteiger partial charge on any atom is -0.224 e. The first kappa shape index (κ1) is 18.1. The molecule has 2 heterocycles. The molecule has 0 bridgehead atoms. The van der Waals surface area contributed by atoms with Crippen molar-refractivity contribution in [3.05, 3.63) is 84.7 Å². The minimum atomic E-state index is 0. The van der Waals surface area contributed by atoms with E-state index in [1.165, 1.54) is 0 Å². The van der Waals surface area contributed by atoms with E-state index < -0.39 is 0 Å². The molecule has 0 saturated carbocycles. The van der Waals surface area contributed by atoms with E-state index in [1.54, 1.807) is 0 Å². The number of fused-ring (bicyclic) bond motifs is 3. The van der Waals surface area contributed by atoms with Crippen LogP contribution in [0, 0.1) is 19.1 Å². The number of aryl methyl sites for hydroxylation is 2. The Morgan fingerprint density at radius 1 is 0.963 bits per heavy atom. The van der Waals surface area contributed by atoms with Crippen molar-refractivity contribution in [2.45, 2.75) is 6.92 Å². The van der Waals surface area contributed by atoms with Crippen LogP contribution in [-0.2, 0) is 39.8 Å². The second kappa shape index (κ2) is 7.03. The Hall–Kier alpha value is -2.30. The molecule has 0 N–H and O–H groups in total. The van der Waals surface area contributed by atoms with Gasteiger partial charge >= 0.3 is 5.78 Å². The Morgan fingerprint density at radius 2 is 1.78 bits per heavy atom. The fraction of sp³-hybridized carbons (Fsp3) is 0.0909. The molecule has 5 aromatic rings. The van der Waals surface area contributed by atoms with E-state index in [2.05, 4.69) is 57.3 Å². The monoisotopic (exact) mass is 426 g/mol. The van der Waals surface area contributed by atoms with E-state index in [9.17, 15) is 0 Å². The molecule has 0 fully saturated rings. The van der Waals surface area contributed by atoms with Gasteiger partial charge in [0.05, 0.1) is 0 Å². The standard InChI is InChI=1S/C22H17N4.Y/c1-16-9-8-12-18(17-10-4-3-5-11-17)21(16)26-22-23-19-13-6-7-14-20(19)25(22)15-24(26)2;/h3-10,13-15H,1-2H3;/q-1;. The van der Waals surface area contributed by atoms with Crippen molar-refractivity contribution in [1.82, 2.24) is 14.1 Å². The molecule has 5 rings (SSSR count). The van der Waals surface area contributed by atoms with Gasteiger partial charge in [0, 0.05) is 32.7 Å². The number of benzene rings is 3. The van der Waals surface area contributed by atoms with Gasteiger partial charge in [-0.1, -0.05) is 19.1 Å². The normalized spacial score (nSPS) is 11.0. The molecule has 0 atom stereocenters. The van der Waals surface area contributed by atoms with Crippen LogP contribution in [0.5, 0.6) is 0 Å². The van der Waals surface area contributed by atoms with Crippen molar-refractivity contribution in [3.8, 4) is 16.8 Å². The summed E-state index contributed by atoms with van der Waals surface area (Å²) in [6.45, 7) is 2.12. The topological polar surface area (TPSA) is 26.1 Å². The molecule has 0 aliphatic carbocycles. The van der Waals surface area contributed by atoms with Crippen LogP contribution < -0.4 is 4.68 Å². The number of aromatic nitrogens is 4. The van der Waals surface area contributed by atoms with E-state index >= 15 is 0 Å². The first-order valence-corrected chi connectivity index (χ1v) is 8.57. The van der Waals surface area contributed by atoms with Gasteiger partial charge in [-0.15, -0.1) is 17.7 Å². The Balaban J connectivity index is 0.00000180. The predicted octanol–water partition coefficient (Wildman–Crippen LogP) is 3.68. The summed E-state index contributed by atoms with van der Waals surface area (Å²) >= 11 is 0. The van der Waals surface area contributed by atoms with Gasteiger partial charge in [-0.2, -0.15) is 60.7 Å². The Bertz CT molecular complexity index is 1250. The van der Waals surface area contributed by atoms with E-state index in [4.69, 9.17) is 4.98 Å². The number of para-hydroxylation sites is 2. The molecule has 1 radical (unpaired) electrons. The minimum absolute atomic E-state index is 0. The second-order valence-electron chi connectivity index (χ2n) is 6.43. The van der Waals surface area contributed by atoms with Crippen molar-refractivity contribution in [1.29, 1.82) is 0 Å². The molecule has 3 aromatic carbocycles. The molecule has 0 unspecified atom stereocenters. The van der Waals surface area contributed by atoms with Gasteiger partial charge in [-0.05, 0) is 17.8 Å². The summed E-state index contributed by atoms with van der Waals surface area (Å²) in [7, 11) is 2.04. The van der Waals surface area contributed by atoms with Crippen molar-refractivity contribution in [2.24, 2.45) is 7.05 Å². The van der Waals surface area contributed by atoms with Crippen LogP contribution in [0.1, 0.15) is 5.56 Å². The SMILES string of the molecule is Cc1cc[c-]c(-c2[c-]cccc2)c1-n1c2nc3ccccc3n2c[n+]1C.[Y]. The summed E-state index contributed by atoms with van der Waals surface area (Å²) < 4.78 is 6.33. The van der Waals surface area contributed by atoms with E-state index in [-0.39, 0.29) is 32.7 Å². The Labute approximate surface area is 182 Å². The largest absolute Gasteiger partial charge is 0.334 e. The fourth-order valence-electron chi connectivity index (χ4n) is 3.53. The van der Waals surface area contributed by atoms with Gasteiger partial charge < -0.3 is 0 Å². The van der Waals surface area contributed by atoms with Gasteiger partial charge in [0.2, 0.25) is 0 Å². The van der Waals surface area contributed by atoms with Crippen LogP contribution in [0.4, 0.5) is 0 Å². The van der Waals surface area contributed by atoms with Gasteiger partial charge in [0.15, 0.2) is 5.52 Å². The quantitative estimate of drug-likeness (QED) is 0.313. The van der Waals surface area contributed by atoms with Crippen LogP contribution in [-0.4, -0.2) is 14.1 Å². The van der Waals surface area contributed by atoms with Crippen molar-refractivity contribution >= 4 is 16.8 Å². The van der Waals surface area contributed by atoms with Crippen LogP contribution >= 0.6 is 0 Å². The van der Waals surface area contributed by atoms with Gasteiger partial charge in [0.1, 0.15) is 12.6 Å². The van der Waals surface area contributed by atoms with Crippen LogP contribution in [0.25, 0.3) is 33.6 Å². The molecule has 2 aromatic heterocycles. The van der Waals surface area contributed by atoms with Crippen LogP contribution in [0.3, 0.4) is 0 Å². The number of hydrogen-bond acceptors (Lipinski definition) is 1.